The summed E-state index contributed by atoms with van der Waals surface area (Å²) in [6, 6.07) is 33.2. The Morgan fingerprint density at radius 3 is 1.82 bits per heavy atom. The lowest BCUT2D eigenvalue weighted by Crippen LogP contribution is -2.33. The van der Waals surface area contributed by atoms with Crippen LogP contribution in [0.4, 0.5) is 22.7 Å². The van der Waals surface area contributed by atoms with Gasteiger partial charge in [-0.3, -0.25) is 19.5 Å². The first-order valence-corrected chi connectivity index (χ1v) is 15.9. The number of carbonyl (C=O) groups excluding carboxylic acids is 1. The number of rotatable bonds is 11. The lowest BCUT2D eigenvalue weighted by Gasteiger charge is -2.26. The monoisotopic (exact) mass is 634 g/mol. The van der Waals surface area contributed by atoms with Crippen molar-refractivity contribution in [1.82, 2.24) is 4.90 Å². The smallest absolute Gasteiger partial charge is 0.323 e. The Kier molecular flexibility index (Phi) is 10.1. The quantitative estimate of drug-likeness (QED) is 0.0770. The number of aliphatic carboxylic acids is 1. The van der Waals surface area contributed by atoms with Gasteiger partial charge in [0.05, 0.1) is 16.8 Å². The van der Waals surface area contributed by atoms with Crippen molar-refractivity contribution in [3.05, 3.63) is 124 Å². The first-order valence-electron chi connectivity index (χ1n) is 14.6. The predicted molar refractivity (Wildman–Crippen MR) is 190 cm³/mol. The summed E-state index contributed by atoms with van der Waals surface area (Å²) in [5.41, 5.74) is 8.39. The summed E-state index contributed by atoms with van der Waals surface area (Å²) in [4.78, 5) is 27.5. The van der Waals surface area contributed by atoms with E-state index in [1.165, 1.54) is 11.1 Å². The van der Waals surface area contributed by atoms with Crippen molar-refractivity contribution in [3.63, 3.8) is 0 Å². The number of carboxylic acid groups (broad SMARTS) is 1. The van der Waals surface area contributed by atoms with Gasteiger partial charge in [-0.25, -0.2) is 0 Å². The van der Waals surface area contributed by atoms with Gasteiger partial charge in [-0.1, -0.05) is 90.6 Å². The number of thioether (sulfide) groups is 1. The fourth-order valence-corrected chi connectivity index (χ4v) is 6.07. The van der Waals surface area contributed by atoms with Gasteiger partial charge in [0, 0.05) is 23.6 Å². The van der Waals surface area contributed by atoms with E-state index in [1.807, 2.05) is 35.5 Å². The predicted octanol–water partition coefficient (Wildman–Crippen LogP) is 8.31. The second kappa shape index (κ2) is 14.4. The molecule has 1 amide bonds. The number of aryl methyl sites for hydroxylation is 2. The van der Waals surface area contributed by atoms with E-state index in [-0.39, 0.29) is 10.2 Å². The van der Waals surface area contributed by atoms with Crippen LogP contribution in [0.25, 0.3) is 6.08 Å². The van der Waals surface area contributed by atoms with Crippen molar-refractivity contribution in [2.75, 3.05) is 23.0 Å². The second-order valence-electron chi connectivity index (χ2n) is 10.7. The molecule has 0 unspecified atom stereocenters. The van der Waals surface area contributed by atoms with Gasteiger partial charge in [0.1, 0.15) is 10.9 Å². The molecule has 1 heterocycles. The topological polar surface area (TPSA) is 76.4 Å². The first kappa shape index (κ1) is 31.7. The molecule has 4 aromatic carbocycles. The van der Waals surface area contributed by atoms with Gasteiger partial charge in [0.2, 0.25) is 0 Å². The van der Waals surface area contributed by atoms with Gasteiger partial charge in [-0.05, 0) is 86.0 Å². The zero-order chi connectivity index (χ0) is 31.9. The van der Waals surface area contributed by atoms with Crippen LogP contribution in [0.5, 0.6) is 0 Å². The highest BCUT2D eigenvalue weighted by atomic mass is 32.2. The van der Waals surface area contributed by atoms with E-state index in [4.69, 9.17) is 22.4 Å². The highest BCUT2D eigenvalue weighted by molar-refractivity contribution is 8.26. The Labute approximate surface area is 273 Å². The molecule has 1 saturated heterocycles. The molecule has 0 aliphatic carbocycles. The number of nitrogens with zero attached hydrogens (tertiary/aromatic N) is 4. The van der Waals surface area contributed by atoms with E-state index in [9.17, 15) is 9.59 Å². The molecule has 45 heavy (non-hydrogen) atoms. The number of carboxylic acids is 1. The summed E-state index contributed by atoms with van der Waals surface area (Å²) < 4.78 is 0.250. The lowest BCUT2D eigenvalue weighted by molar-refractivity contribution is -0.140. The molecule has 1 aliphatic heterocycles. The van der Waals surface area contributed by atoms with Crippen molar-refractivity contribution in [1.29, 1.82) is 0 Å². The Morgan fingerprint density at radius 1 is 0.822 bits per heavy atom. The SMILES string of the molecule is CCCN(N=Cc1ccc(N(c2ccc(C)cc2)c2ccc(C)cc2)cc1)c1ccc(C=C2SC(=S)N(CC(=O)O)C2=O)cc1. The summed E-state index contributed by atoms with van der Waals surface area (Å²) in [6.07, 6.45) is 4.51. The van der Waals surface area contributed by atoms with Gasteiger partial charge in [0.25, 0.3) is 5.91 Å². The van der Waals surface area contributed by atoms with Crippen LogP contribution in [-0.2, 0) is 9.59 Å². The normalized spacial score (nSPS) is 14.0. The molecule has 228 valence electrons. The Balaban J connectivity index is 1.32. The van der Waals surface area contributed by atoms with E-state index in [1.54, 1.807) is 6.08 Å². The number of amides is 1. The number of hydrogen-bond acceptors (Lipinski definition) is 7. The van der Waals surface area contributed by atoms with E-state index >= 15 is 0 Å². The highest BCUT2D eigenvalue weighted by Crippen LogP contribution is 2.35. The van der Waals surface area contributed by atoms with E-state index in [2.05, 4.69) is 98.5 Å². The molecule has 0 aromatic heterocycles. The summed E-state index contributed by atoms with van der Waals surface area (Å²) in [5, 5.41) is 15.8. The molecule has 9 heteroatoms. The van der Waals surface area contributed by atoms with Gasteiger partial charge in [-0.2, -0.15) is 5.10 Å². The Bertz CT molecular complexity index is 1690. The molecular weight excluding hydrogens is 601 g/mol. The third-order valence-corrected chi connectivity index (χ3v) is 8.55. The van der Waals surface area contributed by atoms with Crippen molar-refractivity contribution < 1.29 is 14.7 Å². The third kappa shape index (κ3) is 7.87. The number of hydrazone groups is 1. The maximum atomic E-state index is 12.6. The van der Waals surface area contributed by atoms with Crippen molar-refractivity contribution in [2.24, 2.45) is 5.10 Å². The molecule has 4 aromatic rings. The van der Waals surface area contributed by atoms with Crippen LogP contribution in [0.3, 0.4) is 0 Å². The molecule has 1 N–H and O–H groups in total. The zero-order valence-electron chi connectivity index (χ0n) is 25.4. The number of carbonyl (C=O) groups is 2. The molecule has 0 spiro atoms. The van der Waals surface area contributed by atoms with Crippen LogP contribution in [0.15, 0.2) is 107 Å². The molecule has 0 saturated carbocycles. The maximum absolute atomic E-state index is 12.6. The molecule has 5 rings (SSSR count). The van der Waals surface area contributed by atoms with Gasteiger partial charge >= 0.3 is 5.97 Å². The third-order valence-electron chi connectivity index (χ3n) is 7.17. The van der Waals surface area contributed by atoms with Gasteiger partial charge in [-0.15, -0.1) is 0 Å². The van der Waals surface area contributed by atoms with E-state index < -0.39 is 12.5 Å². The average Bonchev–Trinajstić information content (AvgIpc) is 3.29. The Hall–Kier alpha value is -4.73. The molecule has 0 atom stereocenters. The molecular formula is C36H34N4O3S2. The van der Waals surface area contributed by atoms with Crippen LogP contribution in [0.1, 0.15) is 35.6 Å². The maximum Gasteiger partial charge on any atom is 0.323 e. The van der Waals surface area contributed by atoms with Crippen LogP contribution < -0.4 is 9.91 Å². The molecule has 0 radical (unpaired) electrons. The fraction of sp³-hybridized carbons (Fsp3) is 0.167. The fourth-order valence-electron chi connectivity index (χ4n) is 4.81. The van der Waals surface area contributed by atoms with Crippen LogP contribution in [0, 0.1) is 13.8 Å². The minimum atomic E-state index is -1.10. The summed E-state index contributed by atoms with van der Waals surface area (Å²) in [7, 11) is 0. The summed E-state index contributed by atoms with van der Waals surface area (Å²) in [5.74, 6) is -1.49. The Morgan fingerprint density at radius 2 is 1.31 bits per heavy atom. The number of anilines is 4. The number of benzene rings is 4. The lowest BCUT2D eigenvalue weighted by atomic mass is 10.1. The molecule has 0 bridgehead atoms. The van der Waals surface area contributed by atoms with Crippen molar-refractivity contribution in [2.45, 2.75) is 27.2 Å². The van der Waals surface area contributed by atoms with Crippen molar-refractivity contribution >= 4 is 75.2 Å². The largest absolute Gasteiger partial charge is 0.480 e. The van der Waals surface area contributed by atoms with E-state index in [0.717, 1.165) is 63.5 Å². The standard InChI is InChI=1S/C36H34N4O3S2/c1-4-21-39(29-17-9-27(10-18-29)22-33-35(43)38(24-34(41)42)36(44)45-33)37-23-28-11-19-32(20-12-28)40(30-13-5-25(2)6-14-30)31-15-7-26(3)8-16-31/h5-20,22-23H,4,21,24H2,1-3H3,(H,41,42). The van der Waals surface area contributed by atoms with Gasteiger partial charge < -0.3 is 10.0 Å². The molecule has 1 aliphatic rings. The van der Waals surface area contributed by atoms with Crippen LogP contribution in [-0.4, -0.2) is 45.5 Å². The summed E-state index contributed by atoms with van der Waals surface area (Å²) >= 11 is 6.31. The molecule has 1 fully saturated rings. The summed E-state index contributed by atoms with van der Waals surface area (Å²) in [6.45, 7) is 6.58. The van der Waals surface area contributed by atoms with Crippen molar-refractivity contribution in [3.8, 4) is 0 Å². The zero-order valence-corrected chi connectivity index (χ0v) is 27.0. The minimum Gasteiger partial charge on any atom is -0.480 e. The van der Waals surface area contributed by atoms with Crippen LogP contribution >= 0.6 is 24.0 Å². The highest BCUT2D eigenvalue weighted by Gasteiger charge is 2.33. The average molecular weight is 635 g/mol. The second-order valence-corrected chi connectivity index (χ2v) is 12.4. The first-order chi connectivity index (χ1) is 21.7. The number of hydrogen-bond donors (Lipinski definition) is 1. The van der Waals surface area contributed by atoms with Gasteiger partial charge in [0.15, 0.2) is 0 Å². The number of thiocarbonyl (C=S) groups is 1. The van der Waals surface area contributed by atoms with E-state index in [0.29, 0.717) is 4.91 Å². The molecule has 7 nitrogen and oxygen atoms in total. The minimum absolute atomic E-state index is 0.250. The van der Waals surface area contributed by atoms with Crippen LogP contribution in [0.2, 0.25) is 0 Å².